The minimum Gasteiger partial charge on any atom is -0.349 e. The number of aromatic nitrogens is 2. The van der Waals surface area contributed by atoms with Crippen molar-refractivity contribution < 1.29 is 9.59 Å². The summed E-state index contributed by atoms with van der Waals surface area (Å²) in [6.45, 7) is 2.95. The normalized spacial score (nSPS) is 23.4. The maximum Gasteiger partial charge on any atom is 0.251 e. The Morgan fingerprint density at radius 3 is 2.78 bits per heavy atom. The van der Waals surface area contributed by atoms with E-state index in [-0.39, 0.29) is 29.2 Å². The Labute approximate surface area is 157 Å². The quantitative estimate of drug-likeness (QED) is 0.881. The first-order valence-corrected chi connectivity index (χ1v) is 9.19. The van der Waals surface area contributed by atoms with Crippen molar-refractivity contribution in [2.75, 3.05) is 13.1 Å². The minimum absolute atomic E-state index is 0.00377. The monoisotopic (exact) mass is 366 g/mol. The third-order valence-corrected chi connectivity index (χ3v) is 5.53. The third-order valence-electron chi connectivity index (χ3n) is 5.53. The second-order valence-corrected chi connectivity index (χ2v) is 7.26. The molecule has 140 valence electrons. The fraction of sp³-hybridized carbons (Fsp3) is 0.400. The highest BCUT2D eigenvalue weighted by molar-refractivity contribution is 5.81. The Bertz CT molecular complexity index is 924. The van der Waals surface area contributed by atoms with Crippen molar-refractivity contribution in [3.63, 3.8) is 0 Å². The molecule has 0 aliphatic carbocycles. The molecular formula is C20H22N4O3. The number of piperidine rings is 1. The van der Waals surface area contributed by atoms with Crippen LogP contribution in [0.2, 0.25) is 0 Å². The summed E-state index contributed by atoms with van der Waals surface area (Å²) in [4.78, 5) is 43.6. The van der Waals surface area contributed by atoms with Gasteiger partial charge in [-0.1, -0.05) is 12.1 Å². The number of likely N-dealkylation sites (tertiary alicyclic amines) is 1. The average molecular weight is 366 g/mol. The summed E-state index contributed by atoms with van der Waals surface area (Å²) in [6, 6.07) is 10.0. The zero-order valence-corrected chi connectivity index (χ0v) is 15.2. The van der Waals surface area contributed by atoms with Gasteiger partial charge < -0.3 is 10.2 Å². The minimum atomic E-state index is -0.615. The molecule has 27 heavy (non-hydrogen) atoms. The lowest BCUT2D eigenvalue weighted by molar-refractivity contribution is -0.135. The molecule has 0 aromatic carbocycles. The molecule has 2 aromatic rings. The number of pyridine rings is 2. The number of fused-ring (bicyclic) bond motifs is 4. The summed E-state index contributed by atoms with van der Waals surface area (Å²) in [5.74, 6) is -0.196. The zero-order chi connectivity index (χ0) is 19.0. The molecule has 2 bridgehead atoms. The van der Waals surface area contributed by atoms with Crippen LogP contribution in [0.5, 0.6) is 0 Å². The van der Waals surface area contributed by atoms with Crippen molar-refractivity contribution in [3.8, 4) is 0 Å². The summed E-state index contributed by atoms with van der Waals surface area (Å²) in [6.07, 6.45) is 2.48. The highest BCUT2D eigenvalue weighted by Crippen LogP contribution is 2.41. The number of rotatable bonds is 3. The maximum atomic E-state index is 13.1. The SMILES string of the molecule is CC(=O)N1C[C@H]2C[C@@H](C1)[C@H](C(=O)NCc1ccccn1)n1c2cccc1=O. The summed E-state index contributed by atoms with van der Waals surface area (Å²) >= 11 is 0. The first-order chi connectivity index (χ1) is 13.0. The molecule has 0 radical (unpaired) electrons. The van der Waals surface area contributed by atoms with Gasteiger partial charge in [0.05, 0.1) is 12.2 Å². The van der Waals surface area contributed by atoms with Crippen molar-refractivity contribution >= 4 is 11.8 Å². The van der Waals surface area contributed by atoms with Crippen LogP contribution >= 0.6 is 0 Å². The first-order valence-electron chi connectivity index (χ1n) is 9.19. The van der Waals surface area contributed by atoms with Gasteiger partial charge in [0.15, 0.2) is 0 Å². The van der Waals surface area contributed by atoms with Crippen LogP contribution in [0.4, 0.5) is 0 Å². The van der Waals surface area contributed by atoms with E-state index in [1.807, 2.05) is 24.3 Å². The molecule has 0 unspecified atom stereocenters. The van der Waals surface area contributed by atoms with E-state index in [0.717, 1.165) is 17.8 Å². The van der Waals surface area contributed by atoms with Gasteiger partial charge in [0.2, 0.25) is 11.8 Å². The topological polar surface area (TPSA) is 84.3 Å². The van der Waals surface area contributed by atoms with E-state index in [4.69, 9.17) is 0 Å². The molecule has 3 atom stereocenters. The van der Waals surface area contributed by atoms with Crippen molar-refractivity contribution in [3.05, 3.63) is 64.3 Å². The Hall–Kier alpha value is -2.96. The second-order valence-electron chi connectivity index (χ2n) is 7.26. The lowest BCUT2D eigenvalue weighted by Crippen LogP contribution is -2.54. The van der Waals surface area contributed by atoms with Crippen LogP contribution in [0.3, 0.4) is 0 Å². The zero-order valence-electron chi connectivity index (χ0n) is 15.2. The van der Waals surface area contributed by atoms with Gasteiger partial charge >= 0.3 is 0 Å². The third kappa shape index (κ3) is 3.25. The molecule has 1 fully saturated rings. The number of amides is 2. The van der Waals surface area contributed by atoms with E-state index in [9.17, 15) is 14.4 Å². The van der Waals surface area contributed by atoms with Gasteiger partial charge in [-0.15, -0.1) is 0 Å². The number of nitrogens with zero attached hydrogens (tertiary/aromatic N) is 3. The predicted molar refractivity (Wildman–Crippen MR) is 98.9 cm³/mol. The molecule has 1 saturated heterocycles. The molecule has 2 amide bonds. The van der Waals surface area contributed by atoms with Gasteiger partial charge in [0, 0.05) is 49.8 Å². The predicted octanol–water partition coefficient (Wildman–Crippen LogP) is 1.07. The van der Waals surface area contributed by atoms with E-state index in [2.05, 4.69) is 10.3 Å². The van der Waals surface area contributed by atoms with Crippen LogP contribution in [0.1, 0.15) is 36.7 Å². The number of hydrogen-bond acceptors (Lipinski definition) is 4. The largest absolute Gasteiger partial charge is 0.349 e. The molecule has 2 aliphatic heterocycles. The van der Waals surface area contributed by atoms with Crippen molar-refractivity contribution in [2.24, 2.45) is 5.92 Å². The maximum absolute atomic E-state index is 13.1. The molecule has 2 aliphatic rings. The molecule has 0 saturated carbocycles. The van der Waals surface area contributed by atoms with Gasteiger partial charge in [0.1, 0.15) is 6.04 Å². The van der Waals surface area contributed by atoms with Crippen LogP contribution in [-0.4, -0.2) is 39.4 Å². The molecule has 2 aromatic heterocycles. The Morgan fingerprint density at radius 1 is 1.19 bits per heavy atom. The van der Waals surface area contributed by atoms with Gasteiger partial charge in [-0.25, -0.2) is 0 Å². The second kappa shape index (κ2) is 6.98. The molecular weight excluding hydrogens is 344 g/mol. The van der Waals surface area contributed by atoms with Crippen LogP contribution in [0.15, 0.2) is 47.4 Å². The summed E-state index contributed by atoms with van der Waals surface area (Å²) in [7, 11) is 0. The Kier molecular flexibility index (Phi) is 4.51. The molecule has 4 heterocycles. The Balaban J connectivity index is 1.66. The fourth-order valence-corrected chi connectivity index (χ4v) is 4.31. The first kappa shape index (κ1) is 17.5. The molecule has 0 spiro atoms. The van der Waals surface area contributed by atoms with Gasteiger partial charge in [-0.3, -0.25) is 23.9 Å². The molecule has 7 nitrogen and oxygen atoms in total. The van der Waals surface area contributed by atoms with E-state index in [1.165, 1.54) is 6.07 Å². The molecule has 7 heteroatoms. The van der Waals surface area contributed by atoms with Crippen LogP contribution in [0.25, 0.3) is 0 Å². The van der Waals surface area contributed by atoms with Crippen LogP contribution in [-0.2, 0) is 16.1 Å². The smallest absolute Gasteiger partial charge is 0.251 e. The number of carbonyl (C=O) groups is 2. The fourth-order valence-electron chi connectivity index (χ4n) is 4.31. The Morgan fingerprint density at radius 2 is 2.04 bits per heavy atom. The lowest BCUT2D eigenvalue weighted by atomic mass is 9.78. The summed E-state index contributed by atoms with van der Waals surface area (Å²) < 4.78 is 1.63. The average Bonchev–Trinajstić information content (AvgIpc) is 2.68. The number of carbonyl (C=O) groups excluding carboxylic acids is 2. The number of hydrogen-bond donors (Lipinski definition) is 1. The van der Waals surface area contributed by atoms with E-state index in [0.29, 0.717) is 19.6 Å². The van der Waals surface area contributed by atoms with Crippen molar-refractivity contribution in [1.82, 2.24) is 19.8 Å². The molecule has 4 rings (SSSR count). The highest BCUT2D eigenvalue weighted by Gasteiger charge is 2.44. The van der Waals surface area contributed by atoms with Crippen molar-refractivity contribution in [2.45, 2.75) is 31.8 Å². The van der Waals surface area contributed by atoms with Crippen LogP contribution in [0, 0.1) is 5.92 Å². The number of nitrogens with one attached hydrogen (secondary N) is 1. The van der Waals surface area contributed by atoms with E-state index >= 15 is 0 Å². The van der Waals surface area contributed by atoms with Crippen LogP contribution < -0.4 is 10.9 Å². The summed E-state index contributed by atoms with van der Waals surface area (Å²) in [5.41, 5.74) is 1.42. The van der Waals surface area contributed by atoms with Gasteiger partial charge in [-0.2, -0.15) is 0 Å². The van der Waals surface area contributed by atoms with E-state index < -0.39 is 6.04 Å². The van der Waals surface area contributed by atoms with Crippen molar-refractivity contribution in [1.29, 1.82) is 0 Å². The van der Waals surface area contributed by atoms with Gasteiger partial charge in [0.25, 0.3) is 5.56 Å². The standard InChI is InChI=1S/C20H22N4O3/c1-13(25)23-11-14-9-15(12-23)19(24-17(14)6-4-7-18(24)26)20(27)22-10-16-5-2-3-8-21-16/h2-8,14-15,19H,9-12H2,1H3,(H,22,27)/t14-,15+,19-/m1/s1. The molecule has 1 N–H and O–H groups in total. The highest BCUT2D eigenvalue weighted by atomic mass is 16.2. The lowest BCUT2D eigenvalue weighted by Gasteiger charge is -2.46. The van der Waals surface area contributed by atoms with E-state index in [1.54, 1.807) is 28.7 Å². The van der Waals surface area contributed by atoms with Gasteiger partial charge in [-0.05, 0) is 24.6 Å². The summed E-state index contributed by atoms with van der Waals surface area (Å²) in [5, 5.41) is 2.92.